The van der Waals surface area contributed by atoms with Crippen molar-refractivity contribution in [2.45, 2.75) is 45.4 Å². The van der Waals surface area contributed by atoms with Crippen molar-refractivity contribution in [2.75, 3.05) is 0 Å². The molecule has 1 aromatic heterocycles. The Morgan fingerprint density at radius 3 is 2.68 bits per heavy atom. The summed E-state index contributed by atoms with van der Waals surface area (Å²) in [6.45, 7) is 2.01. The number of carbonyl (C=O) groups excluding carboxylic acids is 1. The van der Waals surface area contributed by atoms with E-state index in [-0.39, 0.29) is 11.2 Å². The van der Waals surface area contributed by atoms with Crippen molar-refractivity contribution in [1.29, 1.82) is 0 Å². The highest BCUT2D eigenvalue weighted by Crippen LogP contribution is 2.49. The Hall–Kier alpha value is -1.43. The third-order valence-corrected chi connectivity index (χ3v) is 4.64. The Bertz CT molecular complexity index is 541. The molecule has 0 saturated heterocycles. The maximum absolute atomic E-state index is 12.3. The van der Waals surface area contributed by atoms with Crippen LogP contribution in [0.1, 0.15) is 45.4 Å². The number of rotatable bonds is 2. The van der Waals surface area contributed by atoms with Gasteiger partial charge in [0.15, 0.2) is 5.78 Å². The molecule has 5 nitrogen and oxygen atoms in total. The van der Waals surface area contributed by atoms with Crippen LogP contribution in [0.4, 0.5) is 5.13 Å². The van der Waals surface area contributed by atoms with Crippen LogP contribution in [0.5, 0.6) is 0 Å². The lowest BCUT2D eigenvalue weighted by molar-refractivity contribution is -0.118. The lowest BCUT2D eigenvalue weighted by Crippen LogP contribution is -2.27. The number of carbonyl (C=O) groups is 1. The van der Waals surface area contributed by atoms with Crippen molar-refractivity contribution in [1.82, 2.24) is 9.36 Å². The molecule has 1 fully saturated rings. The van der Waals surface area contributed by atoms with E-state index in [1.165, 1.54) is 43.5 Å². The second-order valence-corrected chi connectivity index (χ2v) is 6.30. The molecular formula is C13H16N4OS. The molecular weight excluding hydrogens is 260 g/mol. The smallest absolute Gasteiger partial charge is 0.249 e. The first-order chi connectivity index (χ1) is 9.19. The number of ketones is 1. The SMILES string of the molecule is CC1=C(N=Nc2ncns2)C(=O)CC2(CCCC2)C1. The number of hydrogen-bond acceptors (Lipinski definition) is 6. The fourth-order valence-corrected chi connectivity index (χ4v) is 3.65. The van der Waals surface area contributed by atoms with Crippen molar-refractivity contribution in [3.05, 3.63) is 17.6 Å². The predicted octanol–water partition coefficient (Wildman–Crippen LogP) is 3.82. The van der Waals surface area contributed by atoms with Crippen LogP contribution in [0.25, 0.3) is 0 Å². The van der Waals surface area contributed by atoms with E-state index in [1.54, 1.807) is 0 Å². The van der Waals surface area contributed by atoms with Gasteiger partial charge in [0.2, 0.25) is 5.13 Å². The number of Topliss-reactive ketones (excluding diaryl/α,β-unsaturated/α-hetero) is 1. The molecule has 0 N–H and O–H groups in total. The minimum absolute atomic E-state index is 0.138. The first-order valence-electron chi connectivity index (χ1n) is 6.60. The molecule has 19 heavy (non-hydrogen) atoms. The molecule has 1 aromatic rings. The molecule has 0 radical (unpaired) electrons. The van der Waals surface area contributed by atoms with Crippen LogP contribution in [0.2, 0.25) is 0 Å². The molecule has 0 amide bonds. The van der Waals surface area contributed by atoms with Crippen molar-refractivity contribution in [3.63, 3.8) is 0 Å². The Morgan fingerprint density at radius 1 is 1.26 bits per heavy atom. The summed E-state index contributed by atoms with van der Waals surface area (Å²) < 4.78 is 3.86. The summed E-state index contributed by atoms with van der Waals surface area (Å²) in [6, 6.07) is 0. The summed E-state index contributed by atoms with van der Waals surface area (Å²) >= 11 is 1.18. The van der Waals surface area contributed by atoms with E-state index in [4.69, 9.17) is 0 Å². The number of azo groups is 1. The van der Waals surface area contributed by atoms with Gasteiger partial charge in [-0.2, -0.15) is 4.37 Å². The lowest BCUT2D eigenvalue weighted by atomic mass is 9.72. The summed E-state index contributed by atoms with van der Waals surface area (Å²) in [5, 5.41) is 8.60. The normalized spacial score (nSPS) is 22.9. The van der Waals surface area contributed by atoms with E-state index in [0.29, 0.717) is 17.2 Å². The first-order valence-corrected chi connectivity index (χ1v) is 7.37. The molecule has 2 aliphatic rings. The van der Waals surface area contributed by atoms with Crippen LogP contribution in [-0.4, -0.2) is 15.1 Å². The van der Waals surface area contributed by atoms with E-state index in [9.17, 15) is 4.79 Å². The van der Waals surface area contributed by atoms with Gasteiger partial charge in [0.05, 0.1) is 0 Å². The van der Waals surface area contributed by atoms with Crippen LogP contribution in [-0.2, 0) is 4.79 Å². The fraction of sp³-hybridized carbons (Fsp3) is 0.615. The van der Waals surface area contributed by atoms with Crippen LogP contribution in [0, 0.1) is 5.41 Å². The standard InChI is InChI=1S/C13H16N4OS/c1-9-6-13(4-2-3-5-13)7-10(18)11(9)16-17-12-14-8-15-19-12/h8H,2-7H2,1H3. The zero-order valence-electron chi connectivity index (χ0n) is 10.9. The van der Waals surface area contributed by atoms with E-state index in [2.05, 4.69) is 19.6 Å². The van der Waals surface area contributed by atoms with Gasteiger partial charge in [0, 0.05) is 18.0 Å². The highest BCUT2D eigenvalue weighted by atomic mass is 32.1. The summed E-state index contributed by atoms with van der Waals surface area (Å²) in [5.74, 6) is 0.138. The molecule has 6 heteroatoms. The van der Waals surface area contributed by atoms with E-state index < -0.39 is 0 Å². The second-order valence-electron chi connectivity index (χ2n) is 5.54. The van der Waals surface area contributed by atoms with E-state index >= 15 is 0 Å². The Balaban J connectivity index is 1.83. The topological polar surface area (TPSA) is 67.6 Å². The van der Waals surface area contributed by atoms with Gasteiger partial charge >= 0.3 is 0 Å². The molecule has 0 aliphatic heterocycles. The summed E-state index contributed by atoms with van der Waals surface area (Å²) in [6.07, 6.45) is 7.92. The second kappa shape index (κ2) is 4.92. The molecule has 0 aromatic carbocycles. The lowest BCUT2D eigenvalue weighted by Gasteiger charge is -2.32. The van der Waals surface area contributed by atoms with Crippen molar-refractivity contribution < 1.29 is 4.79 Å². The fourth-order valence-electron chi connectivity index (χ4n) is 3.29. The van der Waals surface area contributed by atoms with E-state index in [0.717, 1.165) is 12.0 Å². The quantitative estimate of drug-likeness (QED) is 0.771. The minimum Gasteiger partial charge on any atom is -0.292 e. The molecule has 3 rings (SSSR count). The zero-order chi connectivity index (χ0) is 13.3. The number of hydrogen-bond donors (Lipinski definition) is 0. The largest absolute Gasteiger partial charge is 0.292 e. The maximum Gasteiger partial charge on any atom is 0.249 e. The zero-order valence-corrected chi connectivity index (χ0v) is 11.7. The molecule has 1 heterocycles. The molecule has 0 atom stereocenters. The molecule has 100 valence electrons. The van der Waals surface area contributed by atoms with Crippen LogP contribution in [0.3, 0.4) is 0 Å². The summed E-state index contributed by atoms with van der Waals surface area (Å²) in [4.78, 5) is 16.2. The molecule has 1 saturated carbocycles. The average molecular weight is 276 g/mol. The van der Waals surface area contributed by atoms with Gasteiger partial charge in [-0.25, -0.2) is 4.98 Å². The highest BCUT2D eigenvalue weighted by molar-refractivity contribution is 7.09. The highest BCUT2D eigenvalue weighted by Gasteiger charge is 2.40. The van der Waals surface area contributed by atoms with Crippen LogP contribution < -0.4 is 0 Å². The first kappa shape index (κ1) is 12.6. The van der Waals surface area contributed by atoms with Crippen molar-refractivity contribution in [3.8, 4) is 0 Å². The predicted molar refractivity (Wildman–Crippen MR) is 72.3 cm³/mol. The minimum atomic E-state index is 0.138. The van der Waals surface area contributed by atoms with Gasteiger partial charge in [-0.05, 0) is 37.2 Å². The molecule has 0 unspecified atom stereocenters. The molecule has 0 bridgehead atoms. The third kappa shape index (κ3) is 2.49. The number of allylic oxidation sites excluding steroid dienone is 2. The Labute approximate surface area is 116 Å². The van der Waals surface area contributed by atoms with Crippen LogP contribution in [0.15, 0.2) is 27.8 Å². The van der Waals surface area contributed by atoms with Gasteiger partial charge < -0.3 is 0 Å². The van der Waals surface area contributed by atoms with Gasteiger partial charge in [-0.3, -0.25) is 4.79 Å². The number of nitrogens with zero attached hydrogens (tertiary/aromatic N) is 4. The van der Waals surface area contributed by atoms with Gasteiger partial charge in [-0.1, -0.05) is 12.8 Å². The van der Waals surface area contributed by atoms with Gasteiger partial charge in [0.1, 0.15) is 12.0 Å². The van der Waals surface area contributed by atoms with Gasteiger partial charge in [0.25, 0.3) is 0 Å². The average Bonchev–Trinajstić information content (AvgIpc) is 3.00. The van der Waals surface area contributed by atoms with Crippen LogP contribution >= 0.6 is 11.5 Å². The molecule has 1 spiro atoms. The summed E-state index contributed by atoms with van der Waals surface area (Å²) in [5.41, 5.74) is 1.84. The summed E-state index contributed by atoms with van der Waals surface area (Å²) in [7, 11) is 0. The Morgan fingerprint density at radius 2 is 2.05 bits per heavy atom. The third-order valence-electron chi connectivity index (χ3n) is 4.09. The van der Waals surface area contributed by atoms with Crippen molar-refractivity contribution in [2.24, 2.45) is 15.6 Å². The van der Waals surface area contributed by atoms with Crippen molar-refractivity contribution >= 4 is 22.4 Å². The number of aromatic nitrogens is 2. The molecule has 2 aliphatic carbocycles. The van der Waals surface area contributed by atoms with E-state index in [1.807, 2.05) is 6.92 Å². The maximum atomic E-state index is 12.3. The Kier molecular flexibility index (Phi) is 3.26. The monoisotopic (exact) mass is 276 g/mol. The van der Waals surface area contributed by atoms with Gasteiger partial charge in [-0.15, -0.1) is 10.2 Å².